The highest BCUT2D eigenvalue weighted by Gasteiger charge is 2.22. The minimum absolute atomic E-state index is 0.151. The molecular weight excluding hydrogens is 202 g/mol. The van der Waals surface area contributed by atoms with Gasteiger partial charge >= 0.3 is 6.09 Å². The molecule has 0 saturated carbocycles. The third-order valence-electron chi connectivity index (χ3n) is 2.90. The number of carbonyl (C=O) groups is 1. The average molecular weight is 227 g/mol. The second-order valence-electron chi connectivity index (χ2n) is 5.86. The zero-order valence-electron chi connectivity index (χ0n) is 11.1. The summed E-state index contributed by atoms with van der Waals surface area (Å²) < 4.78 is 5.39. The van der Waals surface area contributed by atoms with Crippen molar-refractivity contribution < 1.29 is 9.53 Å². The van der Waals surface area contributed by atoms with E-state index in [2.05, 4.69) is 6.92 Å². The normalized spacial score (nSPS) is 20.1. The van der Waals surface area contributed by atoms with Gasteiger partial charge < -0.3 is 9.64 Å². The third-order valence-corrected chi connectivity index (χ3v) is 2.90. The van der Waals surface area contributed by atoms with Gasteiger partial charge in [-0.25, -0.2) is 4.79 Å². The van der Waals surface area contributed by atoms with E-state index in [1.165, 1.54) is 12.8 Å². The second kappa shape index (κ2) is 5.55. The van der Waals surface area contributed by atoms with Gasteiger partial charge in [-0.05, 0) is 52.4 Å². The number of amides is 1. The van der Waals surface area contributed by atoms with Crippen molar-refractivity contribution in [1.82, 2.24) is 4.90 Å². The summed E-state index contributed by atoms with van der Waals surface area (Å²) in [4.78, 5) is 13.7. The molecule has 94 valence electrons. The molecule has 0 aromatic rings. The largest absolute Gasteiger partial charge is 0.444 e. The summed E-state index contributed by atoms with van der Waals surface area (Å²) in [6, 6.07) is 0. The Bertz CT molecular complexity index is 223. The Balaban J connectivity index is 2.43. The number of carbonyl (C=O) groups excluding carboxylic acids is 1. The molecule has 1 heterocycles. The fourth-order valence-corrected chi connectivity index (χ4v) is 2.03. The molecule has 0 N–H and O–H groups in total. The van der Waals surface area contributed by atoms with Crippen LogP contribution in [-0.2, 0) is 4.74 Å². The summed E-state index contributed by atoms with van der Waals surface area (Å²) in [5.74, 6) is 0.806. The first-order valence-electron chi connectivity index (χ1n) is 6.36. The van der Waals surface area contributed by atoms with Crippen LogP contribution in [0.4, 0.5) is 4.79 Å². The summed E-state index contributed by atoms with van der Waals surface area (Å²) >= 11 is 0. The standard InChI is InChI=1S/C13H25NO2/c1-11-7-5-9-14(10-6-8-11)12(15)16-13(2,3)4/h11H,5-10H2,1-4H3. The monoisotopic (exact) mass is 227 g/mol. The van der Waals surface area contributed by atoms with Crippen LogP contribution in [0.15, 0.2) is 0 Å². The molecule has 1 rings (SSSR count). The Labute approximate surface area is 99.1 Å². The van der Waals surface area contributed by atoms with Crippen LogP contribution in [0.3, 0.4) is 0 Å². The Morgan fingerprint density at radius 3 is 2.12 bits per heavy atom. The highest BCUT2D eigenvalue weighted by Crippen LogP contribution is 2.18. The van der Waals surface area contributed by atoms with Crippen molar-refractivity contribution in [3.63, 3.8) is 0 Å². The van der Waals surface area contributed by atoms with Gasteiger partial charge in [-0.15, -0.1) is 0 Å². The number of likely N-dealkylation sites (tertiary alicyclic amines) is 1. The van der Waals surface area contributed by atoms with Gasteiger partial charge in [0.1, 0.15) is 5.60 Å². The van der Waals surface area contributed by atoms with E-state index in [4.69, 9.17) is 4.74 Å². The highest BCUT2D eigenvalue weighted by atomic mass is 16.6. The first-order chi connectivity index (χ1) is 7.38. The van der Waals surface area contributed by atoms with Crippen molar-refractivity contribution >= 4 is 6.09 Å². The molecule has 0 spiro atoms. The third kappa shape index (κ3) is 4.86. The quantitative estimate of drug-likeness (QED) is 0.634. The maximum Gasteiger partial charge on any atom is 0.410 e. The van der Waals surface area contributed by atoms with Crippen molar-refractivity contribution in [3.05, 3.63) is 0 Å². The van der Waals surface area contributed by atoms with E-state index < -0.39 is 0 Å². The predicted molar refractivity (Wildman–Crippen MR) is 65.4 cm³/mol. The molecule has 16 heavy (non-hydrogen) atoms. The lowest BCUT2D eigenvalue weighted by Gasteiger charge is -2.29. The average Bonchev–Trinajstić information content (AvgIpc) is 2.07. The van der Waals surface area contributed by atoms with Gasteiger partial charge in [0.15, 0.2) is 0 Å². The predicted octanol–water partition coefficient (Wildman–Crippen LogP) is 3.43. The van der Waals surface area contributed by atoms with Crippen molar-refractivity contribution in [2.24, 2.45) is 5.92 Å². The van der Waals surface area contributed by atoms with Crippen molar-refractivity contribution in [2.75, 3.05) is 13.1 Å². The molecule has 1 amide bonds. The molecular formula is C13H25NO2. The minimum atomic E-state index is -0.382. The number of rotatable bonds is 0. The number of ether oxygens (including phenoxy) is 1. The van der Waals surface area contributed by atoms with E-state index in [0.29, 0.717) is 0 Å². The molecule has 0 unspecified atom stereocenters. The highest BCUT2D eigenvalue weighted by molar-refractivity contribution is 5.68. The molecule has 3 nitrogen and oxygen atoms in total. The van der Waals surface area contributed by atoms with E-state index in [9.17, 15) is 4.79 Å². The molecule has 1 aliphatic rings. The topological polar surface area (TPSA) is 29.5 Å². The smallest absolute Gasteiger partial charge is 0.410 e. The molecule has 0 atom stereocenters. The van der Waals surface area contributed by atoms with Crippen LogP contribution in [0.2, 0.25) is 0 Å². The molecule has 0 radical (unpaired) electrons. The van der Waals surface area contributed by atoms with Crippen molar-refractivity contribution in [3.8, 4) is 0 Å². The molecule has 0 aromatic heterocycles. The van der Waals surface area contributed by atoms with E-state index in [1.807, 2.05) is 25.7 Å². The van der Waals surface area contributed by atoms with Crippen LogP contribution < -0.4 is 0 Å². The zero-order chi connectivity index (χ0) is 12.2. The van der Waals surface area contributed by atoms with Crippen LogP contribution in [0.25, 0.3) is 0 Å². The summed E-state index contributed by atoms with van der Waals surface area (Å²) in [5.41, 5.74) is -0.382. The first-order valence-corrected chi connectivity index (χ1v) is 6.36. The summed E-state index contributed by atoms with van der Waals surface area (Å²) in [6.45, 7) is 9.73. The second-order valence-corrected chi connectivity index (χ2v) is 5.86. The van der Waals surface area contributed by atoms with E-state index >= 15 is 0 Å². The van der Waals surface area contributed by atoms with Crippen LogP contribution in [0, 0.1) is 5.92 Å². The molecule has 0 bridgehead atoms. The van der Waals surface area contributed by atoms with Crippen molar-refractivity contribution in [1.29, 1.82) is 0 Å². The van der Waals surface area contributed by atoms with Crippen LogP contribution in [0.1, 0.15) is 53.4 Å². The fraction of sp³-hybridized carbons (Fsp3) is 0.923. The Morgan fingerprint density at radius 2 is 1.69 bits per heavy atom. The zero-order valence-corrected chi connectivity index (χ0v) is 11.1. The number of nitrogens with zero attached hydrogens (tertiary/aromatic N) is 1. The maximum atomic E-state index is 11.9. The van der Waals surface area contributed by atoms with Gasteiger partial charge in [0, 0.05) is 13.1 Å². The SMILES string of the molecule is CC1CCCN(C(=O)OC(C)(C)C)CCC1. The van der Waals surface area contributed by atoms with Crippen molar-refractivity contribution in [2.45, 2.75) is 59.0 Å². The number of hydrogen-bond donors (Lipinski definition) is 0. The lowest BCUT2D eigenvalue weighted by Crippen LogP contribution is -2.38. The lowest BCUT2D eigenvalue weighted by molar-refractivity contribution is 0.0229. The van der Waals surface area contributed by atoms with Gasteiger partial charge in [0.05, 0.1) is 0 Å². The van der Waals surface area contributed by atoms with E-state index in [-0.39, 0.29) is 11.7 Å². The van der Waals surface area contributed by atoms with Crippen LogP contribution >= 0.6 is 0 Å². The Kier molecular flexibility index (Phi) is 4.63. The maximum absolute atomic E-state index is 11.9. The van der Waals surface area contributed by atoms with E-state index in [0.717, 1.165) is 31.8 Å². The molecule has 0 aromatic carbocycles. The first kappa shape index (κ1) is 13.3. The Hall–Kier alpha value is -0.730. The van der Waals surface area contributed by atoms with Gasteiger partial charge in [-0.2, -0.15) is 0 Å². The lowest BCUT2D eigenvalue weighted by atomic mass is 9.98. The summed E-state index contributed by atoms with van der Waals surface area (Å²) in [6.07, 6.45) is 4.49. The number of hydrogen-bond acceptors (Lipinski definition) is 2. The molecule has 0 aliphatic carbocycles. The molecule has 1 fully saturated rings. The molecule has 1 saturated heterocycles. The molecule has 1 aliphatic heterocycles. The fourth-order valence-electron chi connectivity index (χ4n) is 2.03. The van der Waals surface area contributed by atoms with E-state index in [1.54, 1.807) is 0 Å². The summed E-state index contributed by atoms with van der Waals surface area (Å²) in [7, 11) is 0. The van der Waals surface area contributed by atoms with Crippen LogP contribution in [-0.4, -0.2) is 29.7 Å². The minimum Gasteiger partial charge on any atom is -0.444 e. The summed E-state index contributed by atoms with van der Waals surface area (Å²) in [5, 5.41) is 0. The van der Waals surface area contributed by atoms with Gasteiger partial charge in [0.25, 0.3) is 0 Å². The van der Waals surface area contributed by atoms with Gasteiger partial charge in [0.2, 0.25) is 0 Å². The van der Waals surface area contributed by atoms with Gasteiger partial charge in [-0.3, -0.25) is 0 Å². The van der Waals surface area contributed by atoms with Gasteiger partial charge in [-0.1, -0.05) is 6.92 Å². The van der Waals surface area contributed by atoms with Crippen LogP contribution in [0.5, 0.6) is 0 Å². The Morgan fingerprint density at radius 1 is 1.19 bits per heavy atom. The molecule has 3 heteroatoms.